The fraction of sp³-hybridized carbons (Fsp3) is 0. The van der Waals surface area contributed by atoms with Crippen LogP contribution in [0.4, 0.5) is 0 Å². The number of fused-ring (bicyclic) bond motifs is 9. The first-order valence-corrected chi connectivity index (χ1v) is 18.7. The van der Waals surface area contributed by atoms with E-state index in [1.807, 2.05) is 42.5 Å². The molecule has 6 heteroatoms. The molecular formula is C51H28N6. The van der Waals surface area contributed by atoms with Crippen molar-refractivity contribution in [2.24, 2.45) is 0 Å². The maximum Gasteiger partial charge on any atom is 0.0998 e. The zero-order valence-electron chi connectivity index (χ0n) is 30.3. The van der Waals surface area contributed by atoms with Crippen molar-refractivity contribution in [2.75, 3.05) is 0 Å². The summed E-state index contributed by atoms with van der Waals surface area (Å²) in [5.41, 5.74) is 12.6. The SMILES string of the molecule is N#Cc1ccc2c(c1)c1cc(C#N)ccc1n2-c1ccc(-c2cccc(-n3c4ccccc4c4ccc(-n5c6ccccc6c6ccccc65)cc43)c2)c(C#N)c1. The van der Waals surface area contributed by atoms with E-state index in [-0.39, 0.29) is 0 Å². The highest BCUT2D eigenvalue weighted by Crippen LogP contribution is 2.39. The number of hydrogen-bond donors (Lipinski definition) is 0. The van der Waals surface area contributed by atoms with Crippen LogP contribution >= 0.6 is 0 Å². The minimum absolute atomic E-state index is 0.540. The lowest BCUT2D eigenvalue weighted by Crippen LogP contribution is -1.98. The Bertz CT molecular complexity index is 3500. The quantitative estimate of drug-likeness (QED) is 0.181. The van der Waals surface area contributed by atoms with Gasteiger partial charge in [-0.1, -0.05) is 78.9 Å². The van der Waals surface area contributed by atoms with Crippen molar-refractivity contribution < 1.29 is 0 Å². The van der Waals surface area contributed by atoms with Crippen molar-refractivity contribution in [1.29, 1.82) is 15.8 Å². The average molecular weight is 725 g/mol. The predicted molar refractivity (Wildman–Crippen MR) is 229 cm³/mol. The minimum Gasteiger partial charge on any atom is -0.309 e. The first-order chi connectivity index (χ1) is 28.1. The third kappa shape index (κ3) is 4.74. The number of nitriles is 3. The lowest BCUT2D eigenvalue weighted by atomic mass is 9.99. The second kappa shape index (κ2) is 12.3. The van der Waals surface area contributed by atoms with Gasteiger partial charge in [-0.3, -0.25) is 0 Å². The molecule has 0 aliphatic heterocycles. The number of nitrogens with zero attached hydrogens (tertiary/aromatic N) is 6. The van der Waals surface area contributed by atoms with Gasteiger partial charge >= 0.3 is 0 Å². The van der Waals surface area contributed by atoms with E-state index in [1.165, 1.54) is 16.2 Å². The fourth-order valence-corrected chi connectivity index (χ4v) is 8.85. The van der Waals surface area contributed by atoms with Gasteiger partial charge in [0.05, 0.1) is 68.0 Å². The van der Waals surface area contributed by atoms with E-state index in [9.17, 15) is 15.8 Å². The fourth-order valence-electron chi connectivity index (χ4n) is 8.85. The molecule has 0 aliphatic carbocycles. The number of rotatable bonds is 4. The van der Waals surface area contributed by atoms with E-state index >= 15 is 0 Å². The summed E-state index contributed by atoms with van der Waals surface area (Å²) in [5.74, 6) is 0. The minimum atomic E-state index is 0.540. The molecule has 0 aliphatic rings. The van der Waals surface area contributed by atoms with Crippen LogP contribution in [0.3, 0.4) is 0 Å². The van der Waals surface area contributed by atoms with Gasteiger partial charge in [-0.25, -0.2) is 0 Å². The highest BCUT2D eigenvalue weighted by atomic mass is 15.0. The van der Waals surface area contributed by atoms with E-state index in [0.717, 1.165) is 77.4 Å². The summed E-state index contributed by atoms with van der Waals surface area (Å²) in [4.78, 5) is 0. The van der Waals surface area contributed by atoms with Crippen LogP contribution in [0.5, 0.6) is 0 Å². The highest BCUT2D eigenvalue weighted by Gasteiger charge is 2.19. The zero-order chi connectivity index (χ0) is 38.2. The molecule has 0 spiro atoms. The molecule has 0 amide bonds. The Kier molecular flexibility index (Phi) is 6.95. The van der Waals surface area contributed by atoms with Crippen LogP contribution in [0.25, 0.3) is 93.6 Å². The Balaban J connectivity index is 1.08. The van der Waals surface area contributed by atoms with Crippen LogP contribution in [0, 0.1) is 34.0 Å². The first-order valence-electron chi connectivity index (χ1n) is 18.7. The molecule has 0 saturated carbocycles. The Morgan fingerprint density at radius 1 is 0.316 bits per heavy atom. The van der Waals surface area contributed by atoms with E-state index in [2.05, 4.69) is 147 Å². The second-order valence-corrected chi connectivity index (χ2v) is 14.3. The molecule has 3 heterocycles. The third-order valence-corrected chi connectivity index (χ3v) is 11.3. The molecular weight excluding hydrogens is 697 g/mol. The van der Waals surface area contributed by atoms with E-state index < -0.39 is 0 Å². The Morgan fingerprint density at radius 3 is 1.35 bits per heavy atom. The molecule has 0 bridgehead atoms. The van der Waals surface area contributed by atoms with Crippen LogP contribution in [0.1, 0.15) is 16.7 Å². The van der Waals surface area contributed by atoms with Crippen molar-refractivity contribution >= 4 is 65.4 Å². The third-order valence-electron chi connectivity index (χ3n) is 11.3. The molecule has 8 aromatic carbocycles. The van der Waals surface area contributed by atoms with E-state index in [1.54, 1.807) is 12.1 Å². The van der Waals surface area contributed by atoms with Gasteiger partial charge in [-0.2, -0.15) is 15.8 Å². The van der Waals surface area contributed by atoms with Gasteiger partial charge in [0.25, 0.3) is 0 Å². The van der Waals surface area contributed by atoms with Crippen molar-refractivity contribution in [1.82, 2.24) is 13.7 Å². The van der Waals surface area contributed by atoms with Gasteiger partial charge in [0, 0.05) is 49.4 Å². The molecule has 6 nitrogen and oxygen atoms in total. The molecule has 0 N–H and O–H groups in total. The molecule has 0 saturated heterocycles. The van der Waals surface area contributed by atoms with Crippen LogP contribution in [-0.4, -0.2) is 13.7 Å². The van der Waals surface area contributed by atoms with Gasteiger partial charge in [0.2, 0.25) is 0 Å². The van der Waals surface area contributed by atoms with E-state index in [0.29, 0.717) is 16.7 Å². The lowest BCUT2D eigenvalue weighted by Gasteiger charge is -2.14. The molecule has 0 unspecified atom stereocenters. The van der Waals surface area contributed by atoms with Crippen LogP contribution in [0.2, 0.25) is 0 Å². The molecule has 11 rings (SSSR count). The topological polar surface area (TPSA) is 86.2 Å². The molecule has 3 aromatic heterocycles. The number of benzene rings is 8. The summed E-state index contributed by atoms with van der Waals surface area (Å²) >= 11 is 0. The van der Waals surface area contributed by atoms with Gasteiger partial charge < -0.3 is 13.7 Å². The summed E-state index contributed by atoms with van der Waals surface area (Å²) in [7, 11) is 0. The predicted octanol–water partition coefficient (Wildman–Crippen LogP) is 12.3. The van der Waals surface area contributed by atoms with Crippen molar-refractivity contribution in [2.45, 2.75) is 0 Å². The monoisotopic (exact) mass is 724 g/mol. The standard InChI is InChI=1S/C51H28N6/c52-29-32-16-22-49-44(24-32)45-25-33(30-53)17-23-50(45)55(49)37-18-20-39(35(27-37)31-54)34-8-7-9-36(26-34)57-48-15-6-3-12-42(48)43-21-19-38(28-51(43)57)56-46-13-4-1-10-40(46)41-11-2-5-14-47(41)56/h1-28H. The molecule has 57 heavy (non-hydrogen) atoms. The molecule has 11 aromatic rings. The van der Waals surface area contributed by atoms with Gasteiger partial charge in [0.15, 0.2) is 0 Å². The number of aromatic nitrogens is 3. The Hall–Kier alpha value is -8.37. The van der Waals surface area contributed by atoms with Gasteiger partial charge in [-0.15, -0.1) is 0 Å². The summed E-state index contributed by atoms with van der Waals surface area (Å²) in [6, 6.07) is 65.0. The molecule has 0 radical (unpaired) electrons. The zero-order valence-corrected chi connectivity index (χ0v) is 30.3. The second-order valence-electron chi connectivity index (χ2n) is 14.3. The van der Waals surface area contributed by atoms with Crippen molar-refractivity contribution in [3.63, 3.8) is 0 Å². The van der Waals surface area contributed by atoms with Crippen molar-refractivity contribution in [3.8, 4) is 46.4 Å². The van der Waals surface area contributed by atoms with Crippen LogP contribution in [-0.2, 0) is 0 Å². The van der Waals surface area contributed by atoms with Gasteiger partial charge in [0.1, 0.15) is 0 Å². The first kappa shape index (κ1) is 32.1. The highest BCUT2D eigenvalue weighted by molar-refractivity contribution is 6.12. The van der Waals surface area contributed by atoms with Crippen molar-refractivity contribution in [3.05, 3.63) is 187 Å². The maximum absolute atomic E-state index is 10.6. The van der Waals surface area contributed by atoms with E-state index in [4.69, 9.17) is 0 Å². The largest absolute Gasteiger partial charge is 0.309 e. The van der Waals surface area contributed by atoms with Crippen LogP contribution < -0.4 is 0 Å². The summed E-state index contributed by atoms with van der Waals surface area (Å²) < 4.78 is 6.78. The number of para-hydroxylation sites is 3. The number of hydrogen-bond acceptors (Lipinski definition) is 3. The molecule has 0 fully saturated rings. The summed E-state index contributed by atoms with van der Waals surface area (Å²) in [5, 5.41) is 36.5. The normalized spacial score (nSPS) is 11.5. The summed E-state index contributed by atoms with van der Waals surface area (Å²) in [6.45, 7) is 0. The Morgan fingerprint density at radius 2 is 0.789 bits per heavy atom. The average Bonchev–Trinajstić information content (AvgIpc) is 3.91. The summed E-state index contributed by atoms with van der Waals surface area (Å²) in [6.07, 6.45) is 0. The van der Waals surface area contributed by atoms with Gasteiger partial charge in [-0.05, 0) is 102 Å². The smallest absolute Gasteiger partial charge is 0.0998 e. The Labute approximate surface area is 326 Å². The lowest BCUT2D eigenvalue weighted by molar-refractivity contribution is 1.15. The van der Waals surface area contributed by atoms with Crippen LogP contribution in [0.15, 0.2) is 170 Å². The maximum atomic E-state index is 10.6. The molecule has 0 atom stereocenters. The molecule has 262 valence electrons.